The third-order valence-corrected chi connectivity index (χ3v) is 4.54. The van der Waals surface area contributed by atoms with Crippen molar-refractivity contribution < 1.29 is 14.0 Å². The minimum atomic E-state index is -0.223. The minimum absolute atomic E-state index is 0.121. The number of furan rings is 1. The van der Waals surface area contributed by atoms with E-state index in [4.69, 9.17) is 4.42 Å². The van der Waals surface area contributed by atoms with Crippen molar-refractivity contribution in [1.29, 1.82) is 0 Å². The number of thiazole rings is 1. The Kier molecular flexibility index (Phi) is 5.30. The molecular formula is C17H14BrN3O3S. The van der Waals surface area contributed by atoms with Gasteiger partial charge in [-0.2, -0.15) is 0 Å². The third-order valence-electron chi connectivity index (χ3n) is 3.26. The topological polar surface area (TPSA) is 84.2 Å². The van der Waals surface area contributed by atoms with Crippen LogP contribution in [0, 0.1) is 0 Å². The SMILES string of the molecule is CC(=O)NCc1ccc(-c2csc(NC(=O)c3ccc(Br)cc3)n2)o1. The summed E-state index contributed by atoms with van der Waals surface area (Å²) in [7, 11) is 0. The average molecular weight is 420 g/mol. The van der Waals surface area contributed by atoms with Crippen molar-refractivity contribution >= 4 is 44.2 Å². The van der Waals surface area contributed by atoms with E-state index in [-0.39, 0.29) is 11.8 Å². The summed E-state index contributed by atoms with van der Waals surface area (Å²) in [4.78, 5) is 27.5. The summed E-state index contributed by atoms with van der Waals surface area (Å²) in [6.07, 6.45) is 0. The zero-order valence-electron chi connectivity index (χ0n) is 13.2. The van der Waals surface area contributed by atoms with Crippen LogP contribution in [-0.2, 0) is 11.3 Å². The standard InChI is InChI=1S/C17H14BrN3O3S/c1-10(22)19-8-13-6-7-15(24-13)14-9-25-17(20-14)21-16(23)11-2-4-12(18)5-3-11/h2-7,9H,8H2,1H3,(H,19,22)(H,20,21,23). The van der Waals surface area contributed by atoms with E-state index in [1.807, 2.05) is 12.1 Å². The summed E-state index contributed by atoms with van der Waals surface area (Å²) >= 11 is 4.65. The lowest BCUT2D eigenvalue weighted by atomic mass is 10.2. The van der Waals surface area contributed by atoms with E-state index in [1.54, 1.807) is 29.6 Å². The zero-order chi connectivity index (χ0) is 17.8. The van der Waals surface area contributed by atoms with E-state index >= 15 is 0 Å². The van der Waals surface area contributed by atoms with Gasteiger partial charge in [0.05, 0.1) is 6.54 Å². The van der Waals surface area contributed by atoms with E-state index in [9.17, 15) is 9.59 Å². The summed E-state index contributed by atoms with van der Waals surface area (Å²) in [6, 6.07) is 10.6. The van der Waals surface area contributed by atoms with E-state index in [0.717, 1.165) is 4.47 Å². The molecular weight excluding hydrogens is 406 g/mol. The molecule has 3 rings (SSSR count). The van der Waals surface area contributed by atoms with Crippen molar-refractivity contribution in [3.8, 4) is 11.5 Å². The van der Waals surface area contributed by atoms with Crippen LogP contribution in [0.15, 0.2) is 50.7 Å². The number of hydrogen-bond acceptors (Lipinski definition) is 5. The molecule has 0 aliphatic carbocycles. The highest BCUT2D eigenvalue weighted by atomic mass is 79.9. The Bertz CT molecular complexity index is 902. The van der Waals surface area contributed by atoms with Gasteiger partial charge >= 0.3 is 0 Å². The maximum atomic E-state index is 12.2. The lowest BCUT2D eigenvalue weighted by molar-refractivity contribution is -0.119. The van der Waals surface area contributed by atoms with Crippen molar-refractivity contribution in [3.05, 3.63) is 57.6 Å². The second-order valence-corrected chi connectivity index (χ2v) is 6.95. The molecule has 3 aromatic rings. The second kappa shape index (κ2) is 7.62. The Labute approximate surface area is 156 Å². The van der Waals surface area contributed by atoms with Crippen LogP contribution in [0.1, 0.15) is 23.0 Å². The zero-order valence-corrected chi connectivity index (χ0v) is 15.6. The first-order valence-electron chi connectivity index (χ1n) is 7.37. The van der Waals surface area contributed by atoms with E-state index < -0.39 is 0 Å². The maximum Gasteiger partial charge on any atom is 0.257 e. The van der Waals surface area contributed by atoms with Crippen LogP contribution in [0.5, 0.6) is 0 Å². The largest absolute Gasteiger partial charge is 0.458 e. The molecule has 2 heterocycles. The first-order valence-corrected chi connectivity index (χ1v) is 9.04. The van der Waals surface area contributed by atoms with Crippen molar-refractivity contribution in [1.82, 2.24) is 10.3 Å². The molecule has 2 aromatic heterocycles. The number of carbonyl (C=O) groups excluding carboxylic acids is 2. The Morgan fingerprint density at radius 1 is 1.20 bits per heavy atom. The van der Waals surface area contributed by atoms with Crippen LogP contribution >= 0.6 is 27.3 Å². The Morgan fingerprint density at radius 2 is 1.96 bits per heavy atom. The summed E-state index contributed by atoms with van der Waals surface area (Å²) in [6.45, 7) is 1.78. The molecule has 0 radical (unpaired) electrons. The fraction of sp³-hybridized carbons (Fsp3) is 0.118. The molecule has 0 aliphatic heterocycles. The molecule has 0 atom stereocenters. The van der Waals surface area contributed by atoms with Gasteiger partial charge < -0.3 is 9.73 Å². The van der Waals surface area contributed by atoms with Gasteiger partial charge in [0.15, 0.2) is 10.9 Å². The van der Waals surface area contributed by atoms with Crippen LogP contribution in [0.3, 0.4) is 0 Å². The number of hydrogen-bond donors (Lipinski definition) is 2. The molecule has 25 heavy (non-hydrogen) atoms. The van der Waals surface area contributed by atoms with Gasteiger partial charge in [0.1, 0.15) is 11.5 Å². The Hall–Kier alpha value is -2.45. The molecule has 128 valence electrons. The monoisotopic (exact) mass is 419 g/mol. The van der Waals surface area contributed by atoms with Gasteiger partial charge in [0.2, 0.25) is 5.91 Å². The molecule has 6 nitrogen and oxygen atoms in total. The van der Waals surface area contributed by atoms with Crippen molar-refractivity contribution in [2.45, 2.75) is 13.5 Å². The van der Waals surface area contributed by atoms with Gasteiger partial charge in [-0.25, -0.2) is 4.98 Å². The number of rotatable bonds is 5. The Balaban J connectivity index is 1.67. The van der Waals surface area contributed by atoms with Gasteiger partial charge in [0.25, 0.3) is 5.91 Å². The van der Waals surface area contributed by atoms with Crippen LogP contribution in [0.4, 0.5) is 5.13 Å². The lowest BCUT2D eigenvalue weighted by Crippen LogP contribution is -2.18. The third kappa shape index (κ3) is 4.55. The molecule has 0 spiro atoms. The van der Waals surface area contributed by atoms with E-state index in [2.05, 4.69) is 31.5 Å². The maximum absolute atomic E-state index is 12.2. The molecule has 2 amide bonds. The molecule has 0 saturated carbocycles. The quantitative estimate of drug-likeness (QED) is 0.652. The minimum Gasteiger partial charge on any atom is -0.458 e. The first-order chi connectivity index (χ1) is 12.0. The number of benzene rings is 1. The highest BCUT2D eigenvalue weighted by molar-refractivity contribution is 9.10. The van der Waals surface area contributed by atoms with E-state index in [0.29, 0.717) is 34.5 Å². The molecule has 0 aliphatic rings. The molecule has 0 saturated heterocycles. The molecule has 0 fully saturated rings. The second-order valence-electron chi connectivity index (χ2n) is 5.17. The van der Waals surface area contributed by atoms with Crippen molar-refractivity contribution in [2.75, 3.05) is 5.32 Å². The predicted molar refractivity (Wildman–Crippen MR) is 99.4 cm³/mol. The number of halogens is 1. The van der Waals surface area contributed by atoms with Gasteiger partial charge in [-0.1, -0.05) is 15.9 Å². The van der Waals surface area contributed by atoms with Gasteiger partial charge in [-0.05, 0) is 36.4 Å². The number of amides is 2. The summed E-state index contributed by atoms with van der Waals surface area (Å²) in [5.41, 5.74) is 1.18. The lowest BCUT2D eigenvalue weighted by Gasteiger charge is -2.01. The van der Waals surface area contributed by atoms with Crippen LogP contribution in [-0.4, -0.2) is 16.8 Å². The number of carbonyl (C=O) groups is 2. The highest BCUT2D eigenvalue weighted by Crippen LogP contribution is 2.27. The molecule has 0 bridgehead atoms. The average Bonchev–Trinajstić information content (AvgIpc) is 3.22. The number of nitrogens with one attached hydrogen (secondary N) is 2. The normalized spacial score (nSPS) is 10.5. The van der Waals surface area contributed by atoms with Crippen LogP contribution in [0.25, 0.3) is 11.5 Å². The van der Waals surface area contributed by atoms with Crippen molar-refractivity contribution in [3.63, 3.8) is 0 Å². The Morgan fingerprint density at radius 3 is 2.68 bits per heavy atom. The van der Waals surface area contributed by atoms with Gasteiger partial charge in [-0.3, -0.25) is 14.9 Å². The molecule has 8 heteroatoms. The van der Waals surface area contributed by atoms with Gasteiger partial charge in [-0.15, -0.1) is 11.3 Å². The predicted octanol–water partition coefficient (Wildman–Crippen LogP) is 4.05. The van der Waals surface area contributed by atoms with E-state index in [1.165, 1.54) is 18.3 Å². The summed E-state index contributed by atoms with van der Waals surface area (Å²) in [5.74, 6) is 0.878. The summed E-state index contributed by atoms with van der Waals surface area (Å²) in [5, 5.41) is 7.73. The van der Waals surface area contributed by atoms with Crippen molar-refractivity contribution in [2.24, 2.45) is 0 Å². The first kappa shape index (κ1) is 17.4. The van der Waals surface area contributed by atoms with Crippen LogP contribution in [0.2, 0.25) is 0 Å². The molecule has 1 aromatic carbocycles. The number of aromatic nitrogens is 1. The smallest absolute Gasteiger partial charge is 0.257 e. The number of anilines is 1. The highest BCUT2D eigenvalue weighted by Gasteiger charge is 2.12. The molecule has 0 unspecified atom stereocenters. The fourth-order valence-corrected chi connectivity index (χ4v) is 3.00. The number of nitrogens with zero attached hydrogens (tertiary/aromatic N) is 1. The molecule has 2 N–H and O–H groups in total. The van der Waals surface area contributed by atoms with Crippen LogP contribution < -0.4 is 10.6 Å². The van der Waals surface area contributed by atoms with Gasteiger partial charge in [0, 0.05) is 22.3 Å². The fourth-order valence-electron chi connectivity index (χ4n) is 2.04. The summed E-state index contributed by atoms with van der Waals surface area (Å²) < 4.78 is 6.56.